The molecule has 9 nitrogen and oxygen atoms in total. The highest BCUT2D eigenvalue weighted by Gasteiger charge is 2.29. The van der Waals surface area contributed by atoms with Gasteiger partial charge in [0.2, 0.25) is 11.6 Å². The summed E-state index contributed by atoms with van der Waals surface area (Å²) in [6.07, 6.45) is 1.41. The summed E-state index contributed by atoms with van der Waals surface area (Å²) in [5.41, 5.74) is 1.09. The van der Waals surface area contributed by atoms with Gasteiger partial charge in [-0.15, -0.1) is 0 Å². The van der Waals surface area contributed by atoms with E-state index in [2.05, 4.69) is 4.98 Å². The molecule has 1 unspecified atom stereocenters. The summed E-state index contributed by atoms with van der Waals surface area (Å²) in [5, 5.41) is 10.7. The van der Waals surface area contributed by atoms with Crippen LogP contribution in [0.3, 0.4) is 0 Å². The Balaban J connectivity index is 2.31. The standard InChI is InChI=1S/C22H24N2O7/c1-12-6-7-17-23-21(26)19(22(27)24(17)11-12)14(10-18(25)30-4)13-8-15(28-2)20(31-5)16(9-13)29-3/h6-9,11,14,26H,10H2,1-5H3. The minimum Gasteiger partial charge on any atom is -0.493 e. The molecule has 2 heterocycles. The Kier molecular flexibility index (Phi) is 6.33. The Hall–Kier alpha value is -3.75. The van der Waals surface area contributed by atoms with Gasteiger partial charge in [-0.25, -0.2) is 0 Å². The third-order valence-corrected chi connectivity index (χ3v) is 5.02. The molecule has 2 aromatic heterocycles. The van der Waals surface area contributed by atoms with Crippen molar-refractivity contribution >= 4 is 11.6 Å². The number of nitrogens with zero attached hydrogens (tertiary/aromatic N) is 2. The van der Waals surface area contributed by atoms with Crippen LogP contribution in [0, 0.1) is 6.92 Å². The summed E-state index contributed by atoms with van der Waals surface area (Å²) in [6, 6.07) is 6.67. The second kappa shape index (κ2) is 8.95. The Morgan fingerprint density at radius 3 is 2.29 bits per heavy atom. The molecule has 0 saturated carbocycles. The summed E-state index contributed by atoms with van der Waals surface area (Å²) in [5.74, 6) is -0.854. The lowest BCUT2D eigenvalue weighted by Crippen LogP contribution is -2.24. The topological polar surface area (TPSA) is 109 Å². The molecule has 3 aromatic rings. The van der Waals surface area contributed by atoms with E-state index >= 15 is 0 Å². The molecule has 1 N–H and O–H groups in total. The van der Waals surface area contributed by atoms with Gasteiger partial charge in [-0.05, 0) is 36.2 Å². The third kappa shape index (κ3) is 4.11. The van der Waals surface area contributed by atoms with Crippen LogP contribution in [0.25, 0.3) is 5.65 Å². The van der Waals surface area contributed by atoms with E-state index in [0.29, 0.717) is 28.5 Å². The van der Waals surface area contributed by atoms with Crippen molar-refractivity contribution in [3.05, 3.63) is 57.5 Å². The van der Waals surface area contributed by atoms with Crippen molar-refractivity contribution < 1.29 is 28.8 Å². The average molecular weight is 428 g/mol. The van der Waals surface area contributed by atoms with Gasteiger partial charge in [0.1, 0.15) is 5.65 Å². The van der Waals surface area contributed by atoms with Gasteiger partial charge in [0, 0.05) is 12.1 Å². The van der Waals surface area contributed by atoms with E-state index in [-0.39, 0.29) is 12.0 Å². The van der Waals surface area contributed by atoms with Crippen LogP contribution >= 0.6 is 0 Å². The predicted molar refractivity (Wildman–Crippen MR) is 112 cm³/mol. The van der Waals surface area contributed by atoms with Crippen LogP contribution in [0.5, 0.6) is 23.1 Å². The van der Waals surface area contributed by atoms with Crippen molar-refractivity contribution in [3.8, 4) is 23.1 Å². The van der Waals surface area contributed by atoms with E-state index in [4.69, 9.17) is 18.9 Å². The zero-order valence-corrected chi connectivity index (χ0v) is 18.0. The number of fused-ring (bicyclic) bond motifs is 1. The fourth-order valence-electron chi connectivity index (χ4n) is 3.49. The summed E-state index contributed by atoms with van der Waals surface area (Å²) >= 11 is 0. The molecule has 164 valence electrons. The van der Waals surface area contributed by atoms with Crippen LogP contribution in [0.15, 0.2) is 35.3 Å². The molecular formula is C22H24N2O7. The fraction of sp³-hybridized carbons (Fsp3) is 0.318. The molecule has 0 fully saturated rings. The molecule has 0 aliphatic rings. The maximum absolute atomic E-state index is 13.3. The molecule has 1 aromatic carbocycles. The van der Waals surface area contributed by atoms with Crippen LogP contribution in [0.2, 0.25) is 0 Å². The number of benzene rings is 1. The van der Waals surface area contributed by atoms with E-state index in [9.17, 15) is 14.7 Å². The highest BCUT2D eigenvalue weighted by molar-refractivity contribution is 5.72. The predicted octanol–water partition coefficient (Wildman–Crippen LogP) is 2.43. The van der Waals surface area contributed by atoms with E-state index in [1.54, 1.807) is 30.5 Å². The number of ether oxygens (including phenoxy) is 4. The second-order valence-electron chi connectivity index (χ2n) is 6.88. The Morgan fingerprint density at radius 2 is 1.74 bits per heavy atom. The highest BCUT2D eigenvalue weighted by atomic mass is 16.5. The van der Waals surface area contributed by atoms with Crippen LogP contribution in [-0.2, 0) is 9.53 Å². The van der Waals surface area contributed by atoms with Crippen LogP contribution in [0.1, 0.15) is 29.0 Å². The summed E-state index contributed by atoms with van der Waals surface area (Å²) in [4.78, 5) is 29.7. The molecule has 31 heavy (non-hydrogen) atoms. The van der Waals surface area contributed by atoms with Crippen molar-refractivity contribution in [2.24, 2.45) is 0 Å². The highest BCUT2D eigenvalue weighted by Crippen LogP contribution is 2.42. The molecule has 0 amide bonds. The lowest BCUT2D eigenvalue weighted by molar-refractivity contribution is -0.140. The number of aryl methyl sites for hydroxylation is 1. The largest absolute Gasteiger partial charge is 0.493 e. The number of carbonyl (C=O) groups is 1. The lowest BCUT2D eigenvalue weighted by Gasteiger charge is -2.20. The average Bonchev–Trinajstić information content (AvgIpc) is 2.77. The number of pyridine rings is 1. The molecule has 0 aliphatic carbocycles. The first kappa shape index (κ1) is 21.9. The summed E-state index contributed by atoms with van der Waals surface area (Å²) in [7, 11) is 5.65. The zero-order valence-electron chi connectivity index (χ0n) is 18.0. The van der Waals surface area contributed by atoms with Gasteiger partial charge in [0.15, 0.2) is 11.5 Å². The quantitative estimate of drug-likeness (QED) is 0.572. The van der Waals surface area contributed by atoms with Crippen LogP contribution in [0.4, 0.5) is 0 Å². The SMILES string of the molecule is COC(=O)CC(c1cc(OC)c(OC)c(OC)c1)c1c(O)nc2ccc(C)cn2c1=O. The van der Waals surface area contributed by atoms with Gasteiger partial charge in [0.25, 0.3) is 5.56 Å². The fourth-order valence-corrected chi connectivity index (χ4v) is 3.49. The molecule has 3 rings (SSSR count). The number of esters is 1. The molecule has 0 aliphatic heterocycles. The maximum atomic E-state index is 13.3. The third-order valence-electron chi connectivity index (χ3n) is 5.02. The summed E-state index contributed by atoms with van der Waals surface area (Å²) in [6.45, 7) is 1.84. The lowest BCUT2D eigenvalue weighted by atomic mass is 9.89. The van der Waals surface area contributed by atoms with Crippen LogP contribution in [-0.4, -0.2) is 48.9 Å². The van der Waals surface area contributed by atoms with Gasteiger partial charge in [-0.1, -0.05) is 6.07 Å². The Labute approximate surface area is 178 Å². The number of methoxy groups -OCH3 is 4. The van der Waals surface area contributed by atoms with E-state index in [1.807, 2.05) is 6.92 Å². The zero-order chi connectivity index (χ0) is 22.7. The number of aromatic nitrogens is 2. The van der Waals surface area contributed by atoms with Crippen molar-refractivity contribution in [1.82, 2.24) is 9.38 Å². The minimum absolute atomic E-state index is 0.0391. The van der Waals surface area contributed by atoms with E-state index < -0.39 is 23.3 Å². The minimum atomic E-state index is -0.876. The van der Waals surface area contributed by atoms with Crippen molar-refractivity contribution in [1.29, 1.82) is 0 Å². The molecule has 0 saturated heterocycles. The first-order valence-corrected chi connectivity index (χ1v) is 9.43. The molecule has 1 atom stereocenters. The van der Waals surface area contributed by atoms with Crippen molar-refractivity contribution in [2.75, 3.05) is 28.4 Å². The Bertz CT molecular complexity index is 1160. The molecule has 0 bridgehead atoms. The Morgan fingerprint density at radius 1 is 1.10 bits per heavy atom. The van der Waals surface area contributed by atoms with E-state index in [1.165, 1.54) is 32.8 Å². The van der Waals surface area contributed by atoms with Gasteiger partial charge in [-0.2, -0.15) is 4.98 Å². The normalized spacial score (nSPS) is 11.8. The van der Waals surface area contributed by atoms with Crippen LogP contribution < -0.4 is 19.8 Å². The molecule has 9 heteroatoms. The van der Waals surface area contributed by atoms with Gasteiger partial charge >= 0.3 is 5.97 Å². The number of hydrogen-bond donors (Lipinski definition) is 1. The monoisotopic (exact) mass is 428 g/mol. The van der Waals surface area contributed by atoms with Crippen molar-refractivity contribution in [2.45, 2.75) is 19.3 Å². The van der Waals surface area contributed by atoms with Gasteiger partial charge < -0.3 is 24.1 Å². The molecule has 0 radical (unpaired) electrons. The number of hydrogen-bond acceptors (Lipinski definition) is 8. The number of aromatic hydroxyl groups is 1. The summed E-state index contributed by atoms with van der Waals surface area (Å²) < 4.78 is 22.3. The first-order valence-electron chi connectivity index (χ1n) is 9.43. The maximum Gasteiger partial charge on any atom is 0.306 e. The smallest absolute Gasteiger partial charge is 0.306 e. The second-order valence-corrected chi connectivity index (χ2v) is 6.88. The molecular weight excluding hydrogens is 404 g/mol. The van der Waals surface area contributed by atoms with Gasteiger partial charge in [0.05, 0.1) is 40.4 Å². The first-order chi connectivity index (χ1) is 14.8. The number of carbonyl (C=O) groups excluding carboxylic acids is 1. The van der Waals surface area contributed by atoms with E-state index in [0.717, 1.165) is 5.56 Å². The van der Waals surface area contributed by atoms with Crippen molar-refractivity contribution in [3.63, 3.8) is 0 Å². The molecule has 0 spiro atoms. The van der Waals surface area contributed by atoms with Gasteiger partial charge in [-0.3, -0.25) is 14.0 Å². The number of rotatable bonds is 7.